The van der Waals surface area contributed by atoms with Crippen LogP contribution in [0.15, 0.2) is 36.4 Å². The third-order valence-electron chi connectivity index (χ3n) is 4.62. The Balaban J connectivity index is 1.82. The zero-order valence-corrected chi connectivity index (χ0v) is 15.0. The Morgan fingerprint density at radius 3 is 2.64 bits per heavy atom. The minimum absolute atomic E-state index is 0.365. The van der Waals surface area contributed by atoms with Crippen LogP contribution in [0.4, 0.5) is 4.79 Å². The summed E-state index contributed by atoms with van der Waals surface area (Å²) in [6.45, 7) is 4.60. The van der Waals surface area contributed by atoms with Gasteiger partial charge in [-0.2, -0.15) is 0 Å². The van der Waals surface area contributed by atoms with Crippen LogP contribution in [0.25, 0.3) is 0 Å². The minimum atomic E-state index is -0.711. The third kappa shape index (κ3) is 4.13. The lowest BCUT2D eigenvalue weighted by Gasteiger charge is -2.15. The maximum atomic E-state index is 11.5. The quantitative estimate of drug-likeness (QED) is 0.538. The lowest BCUT2D eigenvalue weighted by atomic mass is 10.0. The first-order valence-electron chi connectivity index (χ1n) is 8.72. The first-order valence-corrected chi connectivity index (χ1v) is 8.72. The molecule has 1 aliphatic rings. The number of carbonyl (C=O) groups excluding carboxylic acids is 1. The zero-order valence-electron chi connectivity index (χ0n) is 15.0. The number of hydrogen-bond donors (Lipinski definition) is 0. The molecule has 0 saturated heterocycles. The second-order valence-electron chi connectivity index (χ2n) is 6.38. The van der Waals surface area contributed by atoms with Gasteiger partial charge in [0.15, 0.2) is 0 Å². The Kier molecular flexibility index (Phi) is 5.27. The van der Waals surface area contributed by atoms with Crippen molar-refractivity contribution in [3.63, 3.8) is 0 Å². The zero-order chi connectivity index (χ0) is 17.8. The van der Waals surface area contributed by atoms with E-state index in [1.165, 1.54) is 36.6 Å². The van der Waals surface area contributed by atoms with E-state index in [0.717, 1.165) is 17.7 Å². The second-order valence-corrected chi connectivity index (χ2v) is 6.38. The molecule has 0 aromatic heterocycles. The maximum Gasteiger partial charge on any atom is 0.513 e. The van der Waals surface area contributed by atoms with Gasteiger partial charge in [-0.05, 0) is 67.0 Å². The molecule has 0 aliphatic heterocycles. The third-order valence-corrected chi connectivity index (χ3v) is 4.62. The highest BCUT2D eigenvalue weighted by atomic mass is 16.7. The molecular weight excluding hydrogens is 316 g/mol. The molecule has 2 aromatic carbocycles. The van der Waals surface area contributed by atoms with Gasteiger partial charge in [0.1, 0.15) is 18.1 Å². The molecule has 4 heteroatoms. The smallest absolute Gasteiger partial charge is 0.489 e. The van der Waals surface area contributed by atoms with Crippen LogP contribution in [0.3, 0.4) is 0 Å². The van der Waals surface area contributed by atoms with Crippen molar-refractivity contribution in [1.82, 2.24) is 0 Å². The first kappa shape index (κ1) is 17.3. The van der Waals surface area contributed by atoms with E-state index >= 15 is 0 Å². The van der Waals surface area contributed by atoms with E-state index in [0.29, 0.717) is 18.3 Å². The van der Waals surface area contributed by atoms with E-state index in [1.54, 1.807) is 6.07 Å². The summed E-state index contributed by atoms with van der Waals surface area (Å²) < 4.78 is 16.0. The van der Waals surface area contributed by atoms with Crippen LogP contribution in [0.1, 0.15) is 47.9 Å². The van der Waals surface area contributed by atoms with Gasteiger partial charge in [-0.3, -0.25) is 0 Å². The van der Waals surface area contributed by atoms with E-state index in [9.17, 15) is 4.79 Å². The predicted molar refractivity (Wildman–Crippen MR) is 96.3 cm³/mol. The molecular formula is C21H24O4. The van der Waals surface area contributed by atoms with Gasteiger partial charge < -0.3 is 14.2 Å². The molecule has 0 bridgehead atoms. The summed E-state index contributed by atoms with van der Waals surface area (Å²) in [5, 5.41) is 0. The molecule has 0 spiro atoms. The summed E-state index contributed by atoms with van der Waals surface area (Å²) in [5.41, 5.74) is 4.66. The summed E-state index contributed by atoms with van der Waals surface area (Å²) >= 11 is 0. The lowest BCUT2D eigenvalue weighted by Crippen LogP contribution is -2.11. The molecule has 1 saturated carbocycles. The fraction of sp³-hybridized carbons (Fsp3) is 0.381. The van der Waals surface area contributed by atoms with Crippen molar-refractivity contribution < 1.29 is 19.0 Å². The molecule has 0 heterocycles. The highest BCUT2D eigenvalue weighted by Crippen LogP contribution is 2.44. The summed E-state index contributed by atoms with van der Waals surface area (Å²) in [7, 11) is 1.31. The van der Waals surface area contributed by atoms with Crippen molar-refractivity contribution >= 4 is 6.16 Å². The molecule has 2 aromatic rings. The van der Waals surface area contributed by atoms with Crippen LogP contribution in [0.2, 0.25) is 0 Å². The molecule has 0 unspecified atom stereocenters. The Labute approximate surface area is 148 Å². The number of aryl methyl sites for hydroxylation is 2. The Hall–Kier alpha value is -2.49. The van der Waals surface area contributed by atoms with Crippen LogP contribution < -0.4 is 9.47 Å². The highest BCUT2D eigenvalue weighted by Gasteiger charge is 2.28. The van der Waals surface area contributed by atoms with Crippen LogP contribution in [-0.2, 0) is 17.8 Å². The van der Waals surface area contributed by atoms with Crippen LogP contribution >= 0.6 is 0 Å². The summed E-state index contributed by atoms with van der Waals surface area (Å²) in [6.07, 6.45) is 2.63. The normalized spacial score (nSPS) is 13.4. The van der Waals surface area contributed by atoms with Gasteiger partial charge in [0.25, 0.3) is 0 Å². The van der Waals surface area contributed by atoms with Gasteiger partial charge >= 0.3 is 6.16 Å². The SMILES string of the molecule is CCc1ccc(OCc2c(OC(=O)OC)cccc2C2CC2)cc1C. The topological polar surface area (TPSA) is 44.8 Å². The number of carbonyl (C=O) groups is 1. The van der Waals surface area contributed by atoms with Gasteiger partial charge in [0.2, 0.25) is 0 Å². The van der Waals surface area contributed by atoms with Crippen molar-refractivity contribution in [3.05, 3.63) is 58.7 Å². The van der Waals surface area contributed by atoms with Gasteiger partial charge in [0, 0.05) is 5.56 Å². The maximum absolute atomic E-state index is 11.5. The van der Waals surface area contributed by atoms with Gasteiger partial charge in [0.05, 0.1) is 7.11 Å². The Bertz CT molecular complexity index is 762. The van der Waals surface area contributed by atoms with Crippen LogP contribution in [0.5, 0.6) is 11.5 Å². The molecule has 3 rings (SSSR count). The Morgan fingerprint density at radius 2 is 2.00 bits per heavy atom. The van der Waals surface area contributed by atoms with E-state index < -0.39 is 6.16 Å². The standard InChI is InChI=1S/C21H24O4/c1-4-15-10-11-17(12-14(15)2)24-13-19-18(16-8-9-16)6-5-7-20(19)25-21(22)23-3/h5-7,10-12,16H,4,8-9,13H2,1-3H3. The van der Waals surface area contributed by atoms with Crippen LogP contribution in [-0.4, -0.2) is 13.3 Å². The van der Waals surface area contributed by atoms with Crippen molar-refractivity contribution in [2.24, 2.45) is 0 Å². The number of hydrogen-bond acceptors (Lipinski definition) is 4. The molecule has 132 valence electrons. The monoisotopic (exact) mass is 340 g/mol. The van der Waals surface area contributed by atoms with Crippen molar-refractivity contribution in [1.29, 1.82) is 0 Å². The summed E-state index contributed by atoms with van der Waals surface area (Å²) in [5.74, 6) is 1.87. The van der Waals surface area contributed by atoms with Gasteiger partial charge in [-0.1, -0.05) is 25.1 Å². The molecule has 1 fully saturated rings. The van der Waals surface area contributed by atoms with Crippen molar-refractivity contribution in [2.75, 3.05) is 7.11 Å². The minimum Gasteiger partial charge on any atom is -0.489 e. The summed E-state index contributed by atoms with van der Waals surface area (Å²) in [4.78, 5) is 11.5. The van der Waals surface area contributed by atoms with Crippen LogP contribution in [0, 0.1) is 6.92 Å². The average Bonchev–Trinajstić information content (AvgIpc) is 3.45. The summed E-state index contributed by atoms with van der Waals surface area (Å²) in [6, 6.07) is 11.9. The number of ether oxygens (including phenoxy) is 3. The molecule has 4 nitrogen and oxygen atoms in total. The molecule has 0 N–H and O–H groups in total. The average molecular weight is 340 g/mol. The van der Waals surface area contributed by atoms with Gasteiger partial charge in [-0.25, -0.2) is 4.79 Å². The largest absolute Gasteiger partial charge is 0.513 e. The van der Waals surface area contributed by atoms with Crippen molar-refractivity contribution in [3.8, 4) is 11.5 Å². The molecule has 0 atom stereocenters. The number of rotatable bonds is 6. The highest BCUT2D eigenvalue weighted by molar-refractivity contribution is 5.65. The van der Waals surface area contributed by atoms with E-state index in [-0.39, 0.29) is 0 Å². The van der Waals surface area contributed by atoms with E-state index in [2.05, 4.69) is 36.8 Å². The number of methoxy groups -OCH3 is 1. The molecule has 1 aliphatic carbocycles. The van der Waals surface area contributed by atoms with E-state index in [1.807, 2.05) is 12.1 Å². The lowest BCUT2D eigenvalue weighted by molar-refractivity contribution is 0.120. The number of benzene rings is 2. The predicted octanol–water partition coefficient (Wildman–Crippen LogP) is 5.16. The molecule has 25 heavy (non-hydrogen) atoms. The molecule has 0 amide bonds. The fourth-order valence-corrected chi connectivity index (χ4v) is 3.05. The van der Waals surface area contributed by atoms with Gasteiger partial charge in [-0.15, -0.1) is 0 Å². The second kappa shape index (κ2) is 7.60. The van der Waals surface area contributed by atoms with E-state index in [4.69, 9.17) is 9.47 Å². The first-order chi connectivity index (χ1) is 12.1. The van der Waals surface area contributed by atoms with Crippen molar-refractivity contribution in [2.45, 2.75) is 45.6 Å². The fourth-order valence-electron chi connectivity index (χ4n) is 3.05. The Morgan fingerprint density at radius 1 is 1.20 bits per heavy atom. The molecule has 0 radical (unpaired) electrons.